The van der Waals surface area contributed by atoms with E-state index >= 15 is 0 Å². The van der Waals surface area contributed by atoms with Crippen LogP contribution in [0.2, 0.25) is 0 Å². The van der Waals surface area contributed by atoms with Gasteiger partial charge in [0.15, 0.2) is 0 Å². The van der Waals surface area contributed by atoms with Crippen LogP contribution in [0, 0.1) is 0 Å². The lowest BCUT2D eigenvalue weighted by Crippen LogP contribution is -2.29. The lowest BCUT2D eigenvalue weighted by Gasteiger charge is -2.13. The molecule has 0 radical (unpaired) electrons. The van der Waals surface area contributed by atoms with E-state index in [-0.39, 0.29) is 12.0 Å². The van der Waals surface area contributed by atoms with E-state index in [1.807, 2.05) is 35.1 Å². The van der Waals surface area contributed by atoms with E-state index in [2.05, 4.69) is 26.3 Å². The second-order valence-electron chi connectivity index (χ2n) is 5.92. The summed E-state index contributed by atoms with van der Waals surface area (Å²) >= 11 is 3.39. The molecule has 0 aliphatic carbocycles. The number of ether oxygens (including phenoxy) is 1. The summed E-state index contributed by atoms with van der Waals surface area (Å²) in [5.74, 6) is -0.0971. The number of carbonyl (C=O) groups is 1. The van der Waals surface area contributed by atoms with E-state index < -0.39 is 6.10 Å². The van der Waals surface area contributed by atoms with E-state index in [4.69, 9.17) is 10.5 Å². The molecule has 1 saturated heterocycles. The molecule has 0 saturated carbocycles. The monoisotopic (exact) mass is 392 g/mol. The van der Waals surface area contributed by atoms with Crippen molar-refractivity contribution < 1.29 is 9.53 Å². The van der Waals surface area contributed by atoms with Crippen LogP contribution in [0.1, 0.15) is 18.4 Å². The quantitative estimate of drug-likeness (QED) is 0.790. The number of rotatable bonds is 6. The Bertz CT molecular complexity index is 686. The number of aryl methyl sites for hydroxylation is 2. The molecule has 6 nitrogen and oxygen atoms in total. The fraction of sp³-hybridized carbons (Fsp3) is 0.412. The lowest BCUT2D eigenvalue weighted by atomic mass is 10.1. The summed E-state index contributed by atoms with van der Waals surface area (Å²) < 4.78 is 8.48. The van der Waals surface area contributed by atoms with Gasteiger partial charge < -0.3 is 15.8 Å². The molecule has 1 aliphatic rings. The number of carbonyl (C=O) groups excluding carboxylic acids is 1. The number of hydrogen-bond acceptors (Lipinski definition) is 4. The predicted molar refractivity (Wildman–Crippen MR) is 95.7 cm³/mol. The van der Waals surface area contributed by atoms with Crippen LogP contribution >= 0.6 is 15.9 Å². The Morgan fingerprint density at radius 3 is 2.79 bits per heavy atom. The van der Waals surface area contributed by atoms with Crippen LogP contribution in [-0.4, -0.2) is 34.4 Å². The number of nitrogens with zero attached hydrogens (tertiary/aromatic N) is 2. The molecule has 3 rings (SSSR count). The number of halogens is 1. The van der Waals surface area contributed by atoms with Crippen molar-refractivity contribution in [3.8, 4) is 0 Å². The Balaban J connectivity index is 1.50. The highest BCUT2D eigenvalue weighted by atomic mass is 79.9. The van der Waals surface area contributed by atoms with E-state index in [1.165, 1.54) is 5.56 Å². The predicted octanol–water partition coefficient (Wildman–Crippen LogP) is 2.33. The molecule has 2 aromatic rings. The minimum atomic E-state index is -0.392. The van der Waals surface area contributed by atoms with Crippen LogP contribution in [0.3, 0.4) is 0 Å². The van der Waals surface area contributed by atoms with Crippen molar-refractivity contribution in [2.24, 2.45) is 5.73 Å². The molecule has 0 unspecified atom stereocenters. The normalized spacial score (nSPS) is 20.2. The topological polar surface area (TPSA) is 82.2 Å². The van der Waals surface area contributed by atoms with Gasteiger partial charge in [0.05, 0.1) is 16.8 Å². The number of anilines is 1. The van der Waals surface area contributed by atoms with Crippen molar-refractivity contribution in [3.63, 3.8) is 0 Å². The summed E-state index contributed by atoms with van der Waals surface area (Å²) in [6.07, 6.45) is 5.79. The van der Waals surface area contributed by atoms with Gasteiger partial charge in [0.2, 0.25) is 0 Å². The standard InChI is InChI=1S/C17H21BrN4O2/c18-13-10-20-22(11-13)8-7-12-1-3-14(4-2-12)21-17(23)16-6-5-15(9-19)24-16/h1-4,10-11,15-16H,5-9,19H2,(H,21,23)/t15-,16+/m1/s1. The molecule has 1 aromatic heterocycles. The minimum absolute atomic E-state index is 0.00505. The Morgan fingerprint density at radius 1 is 1.38 bits per heavy atom. The van der Waals surface area contributed by atoms with Gasteiger partial charge in [-0.1, -0.05) is 12.1 Å². The van der Waals surface area contributed by atoms with Crippen LogP contribution < -0.4 is 11.1 Å². The number of nitrogens with one attached hydrogen (secondary N) is 1. The van der Waals surface area contributed by atoms with Gasteiger partial charge in [0, 0.05) is 25.0 Å². The molecule has 3 N–H and O–H groups in total. The molecule has 2 atom stereocenters. The van der Waals surface area contributed by atoms with Crippen LogP contribution in [-0.2, 0) is 22.5 Å². The fourth-order valence-electron chi connectivity index (χ4n) is 2.75. The zero-order chi connectivity index (χ0) is 16.9. The Labute approximate surface area is 149 Å². The maximum Gasteiger partial charge on any atom is 0.253 e. The Morgan fingerprint density at radius 2 is 2.17 bits per heavy atom. The zero-order valence-corrected chi connectivity index (χ0v) is 14.9. The van der Waals surface area contributed by atoms with Crippen molar-refractivity contribution >= 4 is 27.5 Å². The van der Waals surface area contributed by atoms with Crippen molar-refractivity contribution in [2.75, 3.05) is 11.9 Å². The molecule has 1 aliphatic heterocycles. The third kappa shape index (κ3) is 4.43. The molecule has 7 heteroatoms. The third-order valence-electron chi connectivity index (χ3n) is 4.12. The summed E-state index contributed by atoms with van der Waals surface area (Å²) in [6, 6.07) is 7.88. The van der Waals surface area contributed by atoms with Crippen molar-refractivity contribution in [2.45, 2.75) is 38.0 Å². The second kappa shape index (κ2) is 7.92. The third-order valence-corrected chi connectivity index (χ3v) is 4.53. The Kier molecular flexibility index (Phi) is 5.65. The summed E-state index contributed by atoms with van der Waals surface area (Å²) in [6.45, 7) is 1.28. The van der Waals surface area contributed by atoms with E-state index in [9.17, 15) is 4.79 Å². The van der Waals surface area contributed by atoms with Crippen LogP contribution in [0.15, 0.2) is 41.1 Å². The molecule has 2 heterocycles. The highest BCUT2D eigenvalue weighted by Gasteiger charge is 2.29. The van der Waals surface area contributed by atoms with E-state index in [0.717, 1.165) is 36.0 Å². The molecule has 24 heavy (non-hydrogen) atoms. The second-order valence-corrected chi connectivity index (χ2v) is 6.83. The fourth-order valence-corrected chi connectivity index (χ4v) is 3.08. The number of hydrogen-bond donors (Lipinski definition) is 2. The van der Waals surface area contributed by atoms with Gasteiger partial charge in [-0.2, -0.15) is 5.10 Å². The lowest BCUT2D eigenvalue weighted by molar-refractivity contribution is -0.126. The van der Waals surface area contributed by atoms with Gasteiger partial charge >= 0.3 is 0 Å². The van der Waals surface area contributed by atoms with Gasteiger partial charge in [0.25, 0.3) is 5.91 Å². The van der Waals surface area contributed by atoms with Crippen LogP contribution in [0.25, 0.3) is 0 Å². The summed E-state index contributed by atoms with van der Waals surface area (Å²) in [5, 5.41) is 7.14. The molecule has 0 spiro atoms. The molecule has 0 bridgehead atoms. The largest absolute Gasteiger partial charge is 0.364 e. The van der Waals surface area contributed by atoms with Crippen LogP contribution in [0.5, 0.6) is 0 Å². The SMILES string of the molecule is NC[C@H]1CC[C@@H](C(=O)Nc2ccc(CCn3cc(Br)cn3)cc2)O1. The minimum Gasteiger partial charge on any atom is -0.364 e. The van der Waals surface area contributed by atoms with Gasteiger partial charge in [-0.25, -0.2) is 0 Å². The molecular weight excluding hydrogens is 372 g/mol. The molecule has 1 amide bonds. The highest BCUT2D eigenvalue weighted by Crippen LogP contribution is 2.20. The summed E-state index contributed by atoms with van der Waals surface area (Å²) in [5.41, 5.74) is 7.55. The molecule has 1 fully saturated rings. The Hall–Kier alpha value is -1.70. The van der Waals surface area contributed by atoms with E-state index in [1.54, 1.807) is 6.20 Å². The first-order chi connectivity index (χ1) is 11.6. The van der Waals surface area contributed by atoms with Gasteiger partial charge in [0.1, 0.15) is 6.10 Å². The van der Waals surface area contributed by atoms with Gasteiger partial charge in [-0.15, -0.1) is 0 Å². The average Bonchev–Trinajstić information content (AvgIpc) is 3.23. The van der Waals surface area contributed by atoms with Crippen molar-refractivity contribution in [1.29, 1.82) is 0 Å². The maximum atomic E-state index is 12.2. The average molecular weight is 393 g/mol. The zero-order valence-electron chi connectivity index (χ0n) is 13.3. The number of nitrogens with two attached hydrogens (primary N) is 1. The maximum absolute atomic E-state index is 12.2. The number of amides is 1. The van der Waals surface area contributed by atoms with Gasteiger partial charge in [-0.3, -0.25) is 9.48 Å². The first-order valence-corrected chi connectivity index (χ1v) is 8.86. The van der Waals surface area contributed by atoms with Crippen LogP contribution in [0.4, 0.5) is 5.69 Å². The molecule has 1 aromatic carbocycles. The first kappa shape index (κ1) is 17.1. The van der Waals surface area contributed by atoms with Crippen molar-refractivity contribution in [1.82, 2.24) is 9.78 Å². The summed E-state index contributed by atoms with van der Waals surface area (Å²) in [4.78, 5) is 12.2. The number of aromatic nitrogens is 2. The number of benzene rings is 1. The van der Waals surface area contributed by atoms with Crippen molar-refractivity contribution in [3.05, 3.63) is 46.7 Å². The summed E-state index contributed by atoms with van der Waals surface area (Å²) in [7, 11) is 0. The highest BCUT2D eigenvalue weighted by molar-refractivity contribution is 9.10. The molecular formula is C17H21BrN4O2. The first-order valence-electron chi connectivity index (χ1n) is 8.07. The van der Waals surface area contributed by atoms with E-state index in [0.29, 0.717) is 6.54 Å². The molecule has 128 valence electrons. The smallest absolute Gasteiger partial charge is 0.253 e. The van der Waals surface area contributed by atoms with Gasteiger partial charge in [-0.05, 0) is 52.9 Å².